The molecule has 1 atom stereocenters. The number of carbonyl (C=O) groups is 1. The van der Waals surface area contributed by atoms with E-state index in [0.29, 0.717) is 44.5 Å². The highest BCUT2D eigenvalue weighted by Crippen LogP contribution is 2.32. The number of allylic oxidation sites excluding steroid dienone is 1. The molecular weight excluding hydrogens is 564 g/mol. The van der Waals surface area contributed by atoms with Crippen LogP contribution in [0.4, 0.5) is 0 Å². The third-order valence-corrected chi connectivity index (χ3v) is 7.79. The fourth-order valence-corrected chi connectivity index (χ4v) is 5.93. The Labute approximate surface area is 254 Å². The highest BCUT2D eigenvalue weighted by Gasteiger charge is 2.33. The molecule has 0 saturated heterocycles. The van der Waals surface area contributed by atoms with Crippen LogP contribution in [0.1, 0.15) is 50.4 Å². The van der Waals surface area contributed by atoms with E-state index in [-0.39, 0.29) is 18.3 Å². The van der Waals surface area contributed by atoms with Crippen LogP contribution in [-0.2, 0) is 16.1 Å². The summed E-state index contributed by atoms with van der Waals surface area (Å²) in [4.78, 5) is 32.3. The molecular formula is C34H34N2O6S. The number of methoxy groups -OCH3 is 1. The Kier molecular flexibility index (Phi) is 9.11. The molecule has 0 fully saturated rings. The van der Waals surface area contributed by atoms with Crippen LogP contribution in [0.25, 0.3) is 6.08 Å². The van der Waals surface area contributed by atoms with Crippen LogP contribution in [-0.4, -0.2) is 30.4 Å². The number of ether oxygens (including phenoxy) is 4. The number of hydrogen-bond donors (Lipinski definition) is 0. The molecule has 0 aliphatic carbocycles. The average molecular weight is 599 g/mol. The minimum Gasteiger partial charge on any atom is -0.493 e. The zero-order valence-corrected chi connectivity index (χ0v) is 25.6. The first-order valence-corrected chi connectivity index (χ1v) is 14.9. The van der Waals surface area contributed by atoms with Crippen LogP contribution >= 0.6 is 11.3 Å². The van der Waals surface area contributed by atoms with E-state index in [0.717, 1.165) is 16.7 Å². The fraction of sp³-hybridized carbons (Fsp3) is 0.265. The topological polar surface area (TPSA) is 88.4 Å². The van der Waals surface area contributed by atoms with Gasteiger partial charge in [-0.25, -0.2) is 9.79 Å². The SMILES string of the molecule is CCOC(=O)C1=C(C)N=c2s/c(=C\c3ccc(OCc4ccccc4)c(OC)c3)c(=O)n2[C@H]1c1ccc(OC(C)C)cc1. The molecule has 0 saturated carbocycles. The summed E-state index contributed by atoms with van der Waals surface area (Å²) in [5, 5.41) is 0. The molecule has 9 heteroatoms. The summed E-state index contributed by atoms with van der Waals surface area (Å²) in [5.74, 6) is 1.36. The number of fused-ring (bicyclic) bond motifs is 1. The van der Waals surface area contributed by atoms with Crippen molar-refractivity contribution in [1.29, 1.82) is 0 Å². The summed E-state index contributed by atoms with van der Waals surface area (Å²) in [6.45, 7) is 8.05. The number of esters is 1. The van der Waals surface area contributed by atoms with Gasteiger partial charge in [-0.15, -0.1) is 0 Å². The number of hydrogen-bond acceptors (Lipinski definition) is 8. The molecule has 2 heterocycles. The minimum absolute atomic E-state index is 0.0175. The van der Waals surface area contributed by atoms with Crippen molar-refractivity contribution in [2.24, 2.45) is 4.99 Å². The normalized spacial score (nSPS) is 14.7. The Morgan fingerprint density at radius 2 is 1.79 bits per heavy atom. The van der Waals surface area contributed by atoms with E-state index in [1.165, 1.54) is 11.3 Å². The summed E-state index contributed by atoms with van der Waals surface area (Å²) in [7, 11) is 1.58. The van der Waals surface area contributed by atoms with Crippen LogP contribution in [0.5, 0.6) is 17.2 Å². The highest BCUT2D eigenvalue weighted by atomic mass is 32.1. The van der Waals surface area contributed by atoms with Crippen molar-refractivity contribution in [3.63, 3.8) is 0 Å². The Morgan fingerprint density at radius 3 is 2.47 bits per heavy atom. The molecule has 0 unspecified atom stereocenters. The first-order chi connectivity index (χ1) is 20.8. The smallest absolute Gasteiger partial charge is 0.338 e. The zero-order chi connectivity index (χ0) is 30.5. The molecule has 4 aromatic rings. The molecule has 43 heavy (non-hydrogen) atoms. The van der Waals surface area contributed by atoms with Crippen LogP contribution in [0.2, 0.25) is 0 Å². The number of rotatable bonds is 10. The van der Waals surface area contributed by atoms with Gasteiger partial charge in [0.1, 0.15) is 12.4 Å². The van der Waals surface area contributed by atoms with E-state index < -0.39 is 12.0 Å². The monoisotopic (exact) mass is 598 g/mol. The van der Waals surface area contributed by atoms with Gasteiger partial charge in [-0.2, -0.15) is 0 Å². The second kappa shape index (κ2) is 13.1. The quantitative estimate of drug-likeness (QED) is 0.234. The Hall–Kier alpha value is -4.63. The molecule has 0 radical (unpaired) electrons. The third kappa shape index (κ3) is 6.57. The van der Waals surface area contributed by atoms with Crippen molar-refractivity contribution in [1.82, 2.24) is 4.57 Å². The van der Waals surface area contributed by atoms with Gasteiger partial charge >= 0.3 is 5.97 Å². The Balaban J connectivity index is 1.54. The van der Waals surface area contributed by atoms with Gasteiger partial charge in [-0.1, -0.05) is 59.9 Å². The van der Waals surface area contributed by atoms with Crippen molar-refractivity contribution >= 4 is 23.4 Å². The predicted molar refractivity (Wildman–Crippen MR) is 166 cm³/mol. The van der Waals surface area contributed by atoms with Crippen LogP contribution in [0, 0.1) is 0 Å². The summed E-state index contributed by atoms with van der Waals surface area (Å²) in [5.41, 5.74) is 3.16. The Bertz CT molecular complexity index is 1820. The van der Waals surface area contributed by atoms with E-state index >= 15 is 0 Å². The molecule has 1 aliphatic heterocycles. The van der Waals surface area contributed by atoms with Gasteiger partial charge in [-0.05, 0) is 74.7 Å². The molecule has 5 rings (SSSR count). The highest BCUT2D eigenvalue weighted by molar-refractivity contribution is 7.07. The molecule has 3 aromatic carbocycles. The van der Waals surface area contributed by atoms with Gasteiger partial charge < -0.3 is 18.9 Å². The van der Waals surface area contributed by atoms with Gasteiger partial charge in [0.25, 0.3) is 5.56 Å². The molecule has 0 spiro atoms. The van der Waals surface area contributed by atoms with Crippen molar-refractivity contribution < 1.29 is 23.7 Å². The molecule has 0 bridgehead atoms. The maximum atomic E-state index is 14.0. The lowest BCUT2D eigenvalue weighted by molar-refractivity contribution is -0.139. The fourth-order valence-electron chi connectivity index (χ4n) is 4.89. The number of carbonyl (C=O) groups excluding carboxylic acids is 1. The van der Waals surface area contributed by atoms with Crippen molar-refractivity contribution in [3.8, 4) is 17.2 Å². The van der Waals surface area contributed by atoms with Crippen molar-refractivity contribution in [2.45, 2.75) is 46.4 Å². The number of nitrogens with zero attached hydrogens (tertiary/aromatic N) is 2. The van der Waals surface area contributed by atoms with Gasteiger partial charge in [0.2, 0.25) is 0 Å². The lowest BCUT2D eigenvalue weighted by Crippen LogP contribution is -2.39. The predicted octanol–water partition coefficient (Wildman–Crippen LogP) is 5.17. The number of aromatic nitrogens is 1. The van der Waals surface area contributed by atoms with Crippen molar-refractivity contribution in [2.75, 3.05) is 13.7 Å². The third-order valence-electron chi connectivity index (χ3n) is 6.81. The van der Waals surface area contributed by atoms with Crippen LogP contribution in [0.3, 0.4) is 0 Å². The molecule has 8 nitrogen and oxygen atoms in total. The van der Waals surface area contributed by atoms with E-state index in [4.69, 9.17) is 18.9 Å². The molecule has 1 aromatic heterocycles. The maximum Gasteiger partial charge on any atom is 0.338 e. The minimum atomic E-state index is -0.700. The van der Waals surface area contributed by atoms with Gasteiger partial charge in [0.15, 0.2) is 16.3 Å². The van der Waals surface area contributed by atoms with E-state index in [9.17, 15) is 9.59 Å². The molecule has 1 aliphatic rings. The van der Waals surface area contributed by atoms with Crippen LogP contribution < -0.4 is 29.1 Å². The maximum absolute atomic E-state index is 14.0. The molecule has 222 valence electrons. The van der Waals surface area contributed by atoms with Gasteiger partial charge in [0.05, 0.1) is 41.7 Å². The van der Waals surface area contributed by atoms with Crippen LogP contribution in [0.15, 0.2) is 93.9 Å². The molecule has 0 N–H and O–H groups in total. The summed E-state index contributed by atoms with van der Waals surface area (Å²) >= 11 is 1.27. The van der Waals surface area contributed by atoms with Gasteiger partial charge in [0, 0.05) is 0 Å². The van der Waals surface area contributed by atoms with E-state index in [1.54, 1.807) is 31.6 Å². The second-order valence-corrected chi connectivity index (χ2v) is 11.2. The second-order valence-electron chi connectivity index (χ2n) is 10.2. The van der Waals surface area contributed by atoms with E-state index in [2.05, 4.69) is 4.99 Å². The largest absolute Gasteiger partial charge is 0.493 e. The number of thiazole rings is 1. The summed E-state index contributed by atoms with van der Waals surface area (Å²) < 4.78 is 24.8. The lowest BCUT2D eigenvalue weighted by Gasteiger charge is -2.25. The standard InChI is InChI=1S/C34H34N2O6S/c1-6-40-33(38)30-22(4)35-34-36(31(30)25-13-15-26(16-14-25)42-21(2)3)32(37)29(43-34)19-24-12-17-27(28(18-24)39-5)41-20-23-10-8-7-9-11-23/h7-19,21,31H,6,20H2,1-5H3/b29-19-/t31-/m0/s1. The Morgan fingerprint density at radius 1 is 1.05 bits per heavy atom. The first-order valence-electron chi connectivity index (χ1n) is 14.1. The molecule has 0 amide bonds. The van der Waals surface area contributed by atoms with E-state index in [1.807, 2.05) is 86.6 Å². The van der Waals surface area contributed by atoms with Gasteiger partial charge in [-0.3, -0.25) is 9.36 Å². The zero-order valence-electron chi connectivity index (χ0n) is 24.8. The summed E-state index contributed by atoms with van der Waals surface area (Å²) in [6.07, 6.45) is 1.82. The first kappa shape index (κ1) is 29.8. The lowest BCUT2D eigenvalue weighted by atomic mass is 9.96. The summed E-state index contributed by atoms with van der Waals surface area (Å²) in [6, 6.07) is 22.2. The van der Waals surface area contributed by atoms with Crippen molar-refractivity contribution in [3.05, 3.63) is 120 Å². The average Bonchev–Trinajstić information content (AvgIpc) is 3.30. The number of benzene rings is 3.